The minimum Gasteiger partial charge on any atom is -0.421 e. The molecule has 0 aliphatic rings. The molecular formula is C38H2B2F30N3-. The van der Waals surface area contributed by atoms with Crippen molar-refractivity contribution >= 4 is 46.2 Å². The summed E-state index contributed by atoms with van der Waals surface area (Å²) in [5.41, 5.74) is -16.1. The van der Waals surface area contributed by atoms with Crippen LogP contribution in [0.15, 0.2) is 6.33 Å². The van der Waals surface area contributed by atoms with Crippen molar-refractivity contribution in [3.05, 3.63) is 187 Å². The predicted octanol–water partition coefficient (Wildman–Crippen LogP) is 8.18. The molecule has 0 atom stereocenters. The maximum Gasteiger partial charge on any atom is 0.265 e. The van der Waals surface area contributed by atoms with E-state index >= 15 is 0 Å². The summed E-state index contributed by atoms with van der Waals surface area (Å²) in [7, 11) is 0. The Morgan fingerprint density at radius 3 is 0.425 bits per heavy atom. The molecule has 0 aliphatic carbocycles. The first kappa shape index (κ1) is 56.4. The molecule has 0 bridgehead atoms. The van der Waals surface area contributed by atoms with Crippen LogP contribution in [0.5, 0.6) is 0 Å². The minimum absolute atomic E-state index is 1.46. The number of rotatable bonds is 6. The first-order valence-electron chi connectivity index (χ1n) is 17.6. The molecule has 386 valence electrons. The minimum atomic E-state index is -3.96. The molecule has 0 radical (unpaired) electrons. The second-order valence-electron chi connectivity index (χ2n) is 13.4. The Balaban J connectivity index is 0.000000246. The van der Waals surface area contributed by atoms with E-state index in [4.69, 9.17) is 0 Å². The van der Waals surface area contributed by atoms with E-state index in [1.807, 2.05) is 0 Å². The fourth-order valence-electron chi connectivity index (χ4n) is 6.26. The summed E-state index contributed by atoms with van der Waals surface area (Å²) in [6.07, 6.45) is 3.76. The summed E-state index contributed by atoms with van der Waals surface area (Å²) in [6, 6.07) is 0. The molecule has 0 aliphatic heterocycles. The van der Waals surface area contributed by atoms with Crippen LogP contribution in [0.3, 0.4) is 0 Å². The lowest BCUT2D eigenvalue weighted by Gasteiger charge is -2.21. The van der Waals surface area contributed by atoms with Gasteiger partial charge in [0.25, 0.3) is 13.4 Å². The SMILES string of the molecule is Fc1c(F)c(F)c(B(c2c(F)c(F)c(F)c(F)c2F)c2c(F)c(F)c(F)c(F)c2F)c(F)c1F.Fc1c(F)c(F)c(B(c2c(F)c(F)c(F)c(F)c2F)c2c(F)c(F)c(F)c(F)c2F)c(F)c1F.[c-]1nc[nH]n1. The number of aromatic nitrogens is 3. The molecule has 3 nitrogen and oxygen atoms in total. The molecule has 1 heterocycles. The summed E-state index contributed by atoms with van der Waals surface area (Å²) in [4.78, 5) is 3.43. The molecule has 1 N–H and O–H groups in total. The van der Waals surface area contributed by atoms with Gasteiger partial charge in [0.2, 0.25) is 0 Å². The standard InChI is InChI=1S/2C18BF15.C2H2N3/c2*20-4-1(5(21)11(27)16(32)10(4)26)19(2-6(22)12(28)17(33)13(29)7(2)23)3-8(24)14(30)18(34)15(31)9(3)25;1-3-2-5-4-1/h;;1H,(H,3,4,5)/q;;-1. The highest BCUT2D eigenvalue weighted by Gasteiger charge is 2.47. The van der Waals surface area contributed by atoms with Crippen molar-refractivity contribution in [3.63, 3.8) is 0 Å². The summed E-state index contributed by atoms with van der Waals surface area (Å²) in [5, 5.41) is 5.81. The monoisotopic (exact) mass is 1090 g/mol. The Morgan fingerprint density at radius 2 is 0.342 bits per heavy atom. The van der Waals surface area contributed by atoms with Gasteiger partial charge in [0, 0.05) is 32.8 Å². The van der Waals surface area contributed by atoms with Crippen LogP contribution in [0.2, 0.25) is 0 Å². The van der Waals surface area contributed by atoms with Gasteiger partial charge in [-0.3, -0.25) is 5.10 Å². The van der Waals surface area contributed by atoms with Crippen molar-refractivity contribution < 1.29 is 132 Å². The number of hydrogen-bond acceptors (Lipinski definition) is 2. The molecule has 0 spiro atoms. The van der Waals surface area contributed by atoms with E-state index in [0.717, 1.165) is 0 Å². The molecule has 35 heteroatoms. The Hall–Kier alpha value is -7.51. The first-order valence-corrected chi connectivity index (χ1v) is 17.6. The quantitative estimate of drug-likeness (QED) is 0.0601. The maximum absolute atomic E-state index is 14.4. The van der Waals surface area contributed by atoms with Crippen molar-refractivity contribution in [2.24, 2.45) is 0 Å². The van der Waals surface area contributed by atoms with Crippen LogP contribution in [0.1, 0.15) is 0 Å². The van der Waals surface area contributed by atoms with Crippen molar-refractivity contribution in [3.8, 4) is 0 Å². The highest BCUT2D eigenvalue weighted by atomic mass is 19.2. The zero-order valence-corrected chi connectivity index (χ0v) is 33.0. The predicted molar refractivity (Wildman–Crippen MR) is 182 cm³/mol. The van der Waals surface area contributed by atoms with Gasteiger partial charge in [-0.2, -0.15) is 0 Å². The fraction of sp³-hybridized carbons (Fsp3) is 0. The zero-order valence-electron chi connectivity index (χ0n) is 33.0. The van der Waals surface area contributed by atoms with Crippen LogP contribution in [0.4, 0.5) is 132 Å². The second-order valence-corrected chi connectivity index (χ2v) is 13.4. The fourth-order valence-corrected chi connectivity index (χ4v) is 6.26. The molecular weight excluding hydrogens is 1090 g/mol. The van der Waals surface area contributed by atoms with E-state index < -0.39 is 221 Å². The van der Waals surface area contributed by atoms with Crippen molar-refractivity contribution in [1.82, 2.24) is 15.2 Å². The van der Waals surface area contributed by atoms with Crippen LogP contribution in [0, 0.1) is 181 Å². The summed E-state index contributed by atoms with van der Waals surface area (Å²) in [6.45, 7) is -7.92. The molecule has 0 saturated carbocycles. The number of halogens is 30. The van der Waals surface area contributed by atoms with Crippen molar-refractivity contribution in [2.75, 3.05) is 0 Å². The Bertz CT molecular complexity index is 2660. The molecule has 0 saturated heterocycles. The van der Waals surface area contributed by atoms with Crippen LogP contribution >= 0.6 is 0 Å². The maximum atomic E-state index is 14.4. The number of H-pyrrole nitrogens is 1. The third-order valence-electron chi connectivity index (χ3n) is 9.49. The number of nitrogens with one attached hydrogen (secondary N) is 1. The van der Waals surface area contributed by atoms with E-state index in [9.17, 15) is 132 Å². The Labute approximate surface area is 380 Å². The van der Waals surface area contributed by atoms with E-state index in [1.54, 1.807) is 0 Å². The molecule has 0 amide bonds. The van der Waals surface area contributed by atoms with Crippen LogP contribution in [0.25, 0.3) is 0 Å². The topological polar surface area (TPSA) is 41.6 Å². The van der Waals surface area contributed by atoms with Gasteiger partial charge in [-0.25, -0.2) is 132 Å². The van der Waals surface area contributed by atoms with Crippen molar-refractivity contribution in [1.29, 1.82) is 0 Å². The smallest absolute Gasteiger partial charge is 0.265 e. The lowest BCUT2D eigenvalue weighted by Crippen LogP contribution is -2.60. The lowest BCUT2D eigenvalue weighted by molar-refractivity contribution is 0.380. The summed E-state index contributed by atoms with van der Waals surface area (Å²) >= 11 is 0. The largest absolute Gasteiger partial charge is 0.421 e. The molecule has 0 fully saturated rings. The highest BCUT2D eigenvalue weighted by Crippen LogP contribution is 2.26. The van der Waals surface area contributed by atoms with E-state index in [-0.39, 0.29) is 0 Å². The van der Waals surface area contributed by atoms with Gasteiger partial charge in [0.1, 0.15) is 0 Å². The van der Waals surface area contributed by atoms with Gasteiger partial charge in [0.15, 0.2) is 175 Å². The van der Waals surface area contributed by atoms with Gasteiger partial charge in [-0.05, 0) is 12.7 Å². The molecule has 1 aromatic heterocycles. The van der Waals surface area contributed by atoms with E-state index in [1.165, 1.54) is 6.33 Å². The molecule has 7 aromatic rings. The number of benzene rings is 6. The third kappa shape index (κ3) is 9.20. The molecule has 7 rings (SSSR count). The van der Waals surface area contributed by atoms with Gasteiger partial charge < -0.3 is 10.1 Å². The first-order chi connectivity index (χ1) is 33.8. The number of nitrogens with zero attached hydrogens (tertiary/aromatic N) is 2. The number of aromatic amines is 1. The zero-order chi connectivity index (χ0) is 55.5. The average Bonchev–Trinajstić information content (AvgIpc) is 3.97. The molecule has 73 heavy (non-hydrogen) atoms. The molecule has 6 aromatic carbocycles. The van der Waals surface area contributed by atoms with Crippen LogP contribution in [-0.2, 0) is 0 Å². The Morgan fingerprint density at radius 1 is 0.219 bits per heavy atom. The van der Waals surface area contributed by atoms with Crippen LogP contribution < -0.4 is 32.8 Å². The third-order valence-corrected chi connectivity index (χ3v) is 9.49. The lowest BCUT2D eigenvalue weighted by atomic mass is 9.36. The van der Waals surface area contributed by atoms with E-state index in [0.29, 0.717) is 0 Å². The average molecular weight is 1090 g/mol. The second kappa shape index (κ2) is 20.9. The molecule has 0 unspecified atom stereocenters. The van der Waals surface area contributed by atoms with Gasteiger partial charge in [-0.15, -0.1) is 0 Å². The summed E-state index contributed by atoms with van der Waals surface area (Å²) < 4.78 is 417. The van der Waals surface area contributed by atoms with Crippen molar-refractivity contribution in [2.45, 2.75) is 0 Å². The normalized spacial score (nSPS) is 11.2. The van der Waals surface area contributed by atoms with Gasteiger partial charge >= 0.3 is 0 Å². The van der Waals surface area contributed by atoms with E-state index in [2.05, 4.69) is 21.5 Å². The van der Waals surface area contributed by atoms with Gasteiger partial charge in [-0.1, -0.05) is 0 Å². The van der Waals surface area contributed by atoms with Crippen LogP contribution in [-0.4, -0.2) is 28.6 Å². The van der Waals surface area contributed by atoms with Gasteiger partial charge in [0.05, 0.1) is 0 Å². The summed E-state index contributed by atoms with van der Waals surface area (Å²) in [5.74, 6) is -90.4. The highest BCUT2D eigenvalue weighted by molar-refractivity contribution is 6.96. The Kier molecular flexibility index (Phi) is 16.2. The number of hydrogen-bond donors (Lipinski definition) is 1.